The summed E-state index contributed by atoms with van der Waals surface area (Å²) in [6, 6.07) is 12.9. The van der Waals surface area contributed by atoms with Gasteiger partial charge in [-0.3, -0.25) is 4.79 Å². The second-order valence-electron chi connectivity index (χ2n) is 6.13. The minimum Gasteiger partial charge on any atom is -0.464 e. The third-order valence-electron chi connectivity index (χ3n) is 4.29. The number of tetrazole rings is 1. The van der Waals surface area contributed by atoms with Gasteiger partial charge in [-0.25, -0.2) is 0 Å². The fourth-order valence-corrected chi connectivity index (χ4v) is 3.04. The Hall–Kier alpha value is -3.42. The van der Waals surface area contributed by atoms with Gasteiger partial charge in [-0.1, -0.05) is 35.4 Å². The van der Waals surface area contributed by atoms with Crippen LogP contribution in [0.15, 0.2) is 58.2 Å². The molecule has 26 heavy (non-hydrogen) atoms. The smallest absolute Gasteiger partial charge is 0.251 e. The Kier molecular flexibility index (Phi) is 4.00. The van der Waals surface area contributed by atoms with Gasteiger partial charge in [0.05, 0.1) is 5.57 Å². The van der Waals surface area contributed by atoms with E-state index in [1.54, 1.807) is 4.68 Å². The Bertz CT molecular complexity index is 972. The van der Waals surface area contributed by atoms with E-state index in [4.69, 9.17) is 4.42 Å². The lowest BCUT2D eigenvalue weighted by Crippen LogP contribution is -2.34. The van der Waals surface area contributed by atoms with Crippen LogP contribution in [0.3, 0.4) is 0 Å². The molecule has 0 aliphatic carbocycles. The van der Waals surface area contributed by atoms with Crippen LogP contribution >= 0.6 is 0 Å². The van der Waals surface area contributed by atoms with Crippen molar-refractivity contribution >= 4 is 11.9 Å². The molecule has 4 rings (SSSR count). The summed E-state index contributed by atoms with van der Waals surface area (Å²) in [6.45, 7) is 4.12. The molecule has 3 heterocycles. The van der Waals surface area contributed by atoms with Crippen LogP contribution in [-0.2, 0) is 11.3 Å². The van der Waals surface area contributed by atoms with Crippen LogP contribution in [0, 0.1) is 6.92 Å². The minimum atomic E-state index is -0.522. The molecule has 0 spiro atoms. The van der Waals surface area contributed by atoms with Crippen LogP contribution in [0.4, 0.5) is 5.95 Å². The number of furan rings is 1. The van der Waals surface area contributed by atoms with E-state index in [-0.39, 0.29) is 5.91 Å². The van der Waals surface area contributed by atoms with E-state index < -0.39 is 6.04 Å². The van der Waals surface area contributed by atoms with Gasteiger partial charge in [-0.05, 0) is 42.0 Å². The number of anilines is 1. The summed E-state index contributed by atoms with van der Waals surface area (Å²) in [7, 11) is 0. The monoisotopic (exact) mass is 350 g/mol. The van der Waals surface area contributed by atoms with Crippen LogP contribution in [-0.4, -0.2) is 26.1 Å². The molecule has 1 atom stereocenters. The van der Waals surface area contributed by atoms with Crippen molar-refractivity contribution in [3.05, 3.63) is 70.8 Å². The number of nitrogens with zero attached hydrogens (tertiary/aromatic N) is 4. The lowest BCUT2D eigenvalue weighted by atomic mass is 10.00. The van der Waals surface area contributed by atoms with Crippen molar-refractivity contribution in [2.24, 2.45) is 0 Å². The number of fused-ring (bicyclic) bond motifs is 1. The SMILES string of the molecule is CC1=C(C(=O)NCc2ccccc2)[C@H](c2ccc(C)o2)n2nnnc2N1. The van der Waals surface area contributed by atoms with Gasteiger partial charge >= 0.3 is 0 Å². The van der Waals surface area contributed by atoms with E-state index in [1.807, 2.05) is 56.3 Å². The standard InChI is InChI=1S/C18H18N6O2/c1-11-8-9-14(26-11)16-15(12(2)20-18-21-22-23-24(16)18)17(25)19-10-13-6-4-3-5-7-13/h3-9,16H,10H2,1-2H3,(H,19,25)(H,20,21,23)/t16-/m0/s1. The van der Waals surface area contributed by atoms with Crippen molar-refractivity contribution in [1.82, 2.24) is 25.5 Å². The second kappa shape index (κ2) is 6.47. The minimum absolute atomic E-state index is 0.195. The molecular weight excluding hydrogens is 332 g/mol. The number of hydrogen-bond donors (Lipinski definition) is 2. The summed E-state index contributed by atoms with van der Waals surface area (Å²) >= 11 is 0. The highest BCUT2D eigenvalue weighted by Crippen LogP contribution is 2.34. The van der Waals surface area contributed by atoms with Crippen molar-refractivity contribution in [3.8, 4) is 0 Å². The average Bonchev–Trinajstić information content (AvgIpc) is 3.28. The normalized spacial score (nSPS) is 16.2. The molecule has 0 saturated heterocycles. The summed E-state index contributed by atoms with van der Waals surface area (Å²) in [4.78, 5) is 13.0. The molecule has 0 saturated carbocycles. The zero-order valence-corrected chi connectivity index (χ0v) is 14.4. The predicted octanol–water partition coefficient (Wildman–Crippen LogP) is 2.18. The molecule has 1 aromatic carbocycles. The topological polar surface area (TPSA) is 97.9 Å². The molecule has 3 aromatic rings. The fraction of sp³-hybridized carbons (Fsp3) is 0.222. The van der Waals surface area contributed by atoms with Crippen molar-refractivity contribution in [2.75, 3.05) is 5.32 Å². The van der Waals surface area contributed by atoms with Gasteiger partial charge in [-0.2, -0.15) is 4.68 Å². The molecule has 2 aromatic heterocycles. The number of allylic oxidation sites excluding steroid dienone is 1. The maximum atomic E-state index is 13.0. The molecule has 132 valence electrons. The van der Waals surface area contributed by atoms with Crippen LogP contribution in [0.1, 0.15) is 30.0 Å². The van der Waals surface area contributed by atoms with E-state index in [1.165, 1.54) is 0 Å². The van der Waals surface area contributed by atoms with Crippen LogP contribution in [0.2, 0.25) is 0 Å². The van der Waals surface area contributed by atoms with E-state index in [2.05, 4.69) is 26.2 Å². The van der Waals surface area contributed by atoms with Gasteiger partial charge in [0.25, 0.3) is 5.91 Å². The Morgan fingerprint density at radius 1 is 1.23 bits per heavy atom. The van der Waals surface area contributed by atoms with Crippen LogP contribution in [0.5, 0.6) is 0 Å². The highest BCUT2D eigenvalue weighted by Gasteiger charge is 2.35. The highest BCUT2D eigenvalue weighted by atomic mass is 16.3. The maximum absolute atomic E-state index is 13.0. The Balaban J connectivity index is 1.66. The third kappa shape index (κ3) is 2.85. The van der Waals surface area contributed by atoms with Gasteiger partial charge < -0.3 is 15.1 Å². The average molecular weight is 350 g/mol. The zero-order chi connectivity index (χ0) is 18.1. The summed E-state index contributed by atoms with van der Waals surface area (Å²) in [6.07, 6.45) is 0. The van der Waals surface area contributed by atoms with Crippen LogP contribution in [0.25, 0.3) is 0 Å². The number of benzene rings is 1. The molecule has 0 radical (unpaired) electrons. The zero-order valence-electron chi connectivity index (χ0n) is 14.4. The first kappa shape index (κ1) is 16.1. The second-order valence-corrected chi connectivity index (χ2v) is 6.13. The first-order valence-electron chi connectivity index (χ1n) is 8.27. The highest BCUT2D eigenvalue weighted by molar-refractivity contribution is 5.96. The predicted molar refractivity (Wildman–Crippen MR) is 94.0 cm³/mol. The van der Waals surface area contributed by atoms with Crippen molar-refractivity contribution in [1.29, 1.82) is 0 Å². The first-order chi connectivity index (χ1) is 12.6. The van der Waals surface area contributed by atoms with E-state index in [0.29, 0.717) is 29.5 Å². The summed E-state index contributed by atoms with van der Waals surface area (Å²) in [5, 5.41) is 17.7. The van der Waals surface area contributed by atoms with E-state index in [0.717, 1.165) is 11.3 Å². The molecule has 0 fully saturated rings. The van der Waals surface area contributed by atoms with Gasteiger partial charge in [0.2, 0.25) is 5.95 Å². The quantitative estimate of drug-likeness (QED) is 0.748. The molecule has 8 heteroatoms. The van der Waals surface area contributed by atoms with Gasteiger partial charge in [-0.15, -0.1) is 0 Å². The van der Waals surface area contributed by atoms with E-state index in [9.17, 15) is 4.79 Å². The van der Waals surface area contributed by atoms with Gasteiger partial charge in [0, 0.05) is 12.2 Å². The number of hydrogen-bond acceptors (Lipinski definition) is 6. The van der Waals surface area contributed by atoms with Gasteiger partial charge in [0.15, 0.2) is 0 Å². The number of rotatable bonds is 4. The number of carbonyl (C=O) groups is 1. The number of carbonyl (C=O) groups excluding carboxylic acids is 1. The van der Waals surface area contributed by atoms with Crippen molar-refractivity contribution in [3.63, 3.8) is 0 Å². The van der Waals surface area contributed by atoms with Crippen molar-refractivity contribution < 1.29 is 9.21 Å². The molecule has 1 aliphatic rings. The first-order valence-corrected chi connectivity index (χ1v) is 8.27. The van der Waals surface area contributed by atoms with Gasteiger partial charge in [0.1, 0.15) is 17.6 Å². The molecule has 2 N–H and O–H groups in total. The molecule has 0 bridgehead atoms. The van der Waals surface area contributed by atoms with E-state index >= 15 is 0 Å². The number of amides is 1. The van der Waals surface area contributed by atoms with Crippen molar-refractivity contribution in [2.45, 2.75) is 26.4 Å². The summed E-state index contributed by atoms with van der Waals surface area (Å²) < 4.78 is 7.34. The molecular formula is C18H18N6O2. The summed E-state index contributed by atoms with van der Waals surface area (Å²) in [5.74, 6) is 1.65. The maximum Gasteiger partial charge on any atom is 0.251 e. The lowest BCUT2D eigenvalue weighted by Gasteiger charge is -2.26. The number of aryl methyl sites for hydroxylation is 1. The lowest BCUT2D eigenvalue weighted by molar-refractivity contribution is -0.118. The Labute approximate surface area is 149 Å². The molecule has 8 nitrogen and oxygen atoms in total. The Morgan fingerprint density at radius 2 is 2.04 bits per heavy atom. The number of nitrogens with one attached hydrogen (secondary N) is 2. The molecule has 1 amide bonds. The Morgan fingerprint density at radius 3 is 2.77 bits per heavy atom. The molecule has 0 unspecified atom stereocenters. The summed E-state index contributed by atoms with van der Waals surface area (Å²) in [5.41, 5.74) is 2.24. The van der Waals surface area contributed by atoms with Crippen LogP contribution < -0.4 is 10.6 Å². The fourth-order valence-electron chi connectivity index (χ4n) is 3.04. The molecule has 1 aliphatic heterocycles. The largest absolute Gasteiger partial charge is 0.464 e. The third-order valence-corrected chi connectivity index (χ3v) is 4.29. The number of aromatic nitrogens is 4.